The summed E-state index contributed by atoms with van der Waals surface area (Å²) in [6, 6.07) is 1.85. The van der Waals surface area contributed by atoms with Crippen molar-refractivity contribution in [3.8, 4) is 0 Å². The molecule has 2 aromatic rings. The van der Waals surface area contributed by atoms with Crippen LogP contribution >= 0.6 is 23.1 Å². The van der Waals surface area contributed by atoms with Gasteiger partial charge in [-0.25, -0.2) is 4.98 Å². The fourth-order valence-electron chi connectivity index (χ4n) is 2.67. The lowest BCUT2D eigenvalue weighted by Crippen LogP contribution is -2.33. The number of hydrogen-bond acceptors (Lipinski definition) is 6. The Kier molecular flexibility index (Phi) is 5.91. The van der Waals surface area contributed by atoms with Gasteiger partial charge in [0.25, 0.3) is 5.56 Å². The van der Waals surface area contributed by atoms with Gasteiger partial charge in [0.05, 0.1) is 17.4 Å². The zero-order chi connectivity index (χ0) is 16.9. The molecule has 1 atom stereocenters. The van der Waals surface area contributed by atoms with Crippen LogP contribution in [-0.2, 0) is 16.1 Å². The number of carbonyl (C=O) groups excluding carboxylic acids is 1. The molecular formula is C16H21N3O3S2. The van der Waals surface area contributed by atoms with E-state index in [9.17, 15) is 9.59 Å². The zero-order valence-electron chi connectivity index (χ0n) is 13.6. The molecule has 1 aliphatic heterocycles. The highest BCUT2D eigenvalue weighted by atomic mass is 32.2. The van der Waals surface area contributed by atoms with E-state index in [0.29, 0.717) is 28.5 Å². The Morgan fingerprint density at radius 2 is 2.46 bits per heavy atom. The van der Waals surface area contributed by atoms with Gasteiger partial charge in [0.2, 0.25) is 5.91 Å². The average molecular weight is 367 g/mol. The number of aromatic nitrogens is 2. The molecule has 0 saturated carbocycles. The Morgan fingerprint density at radius 1 is 1.58 bits per heavy atom. The molecule has 0 unspecified atom stereocenters. The maximum atomic E-state index is 12.5. The van der Waals surface area contributed by atoms with Crippen LogP contribution in [0.15, 0.2) is 21.4 Å². The number of carbonyl (C=O) groups is 1. The number of amides is 1. The van der Waals surface area contributed by atoms with Crippen molar-refractivity contribution in [1.29, 1.82) is 0 Å². The van der Waals surface area contributed by atoms with Crippen LogP contribution in [0.25, 0.3) is 10.2 Å². The van der Waals surface area contributed by atoms with Gasteiger partial charge in [0.15, 0.2) is 5.16 Å². The number of hydrogen-bond donors (Lipinski definition) is 1. The number of fused-ring (bicyclic) bond motifs is 1. The molecule has 3 rings (SSSR count). The van der Waals surface area contributed by atoms with Gasteiger partial charge < -0.3 is 10.1 Å². The topological polar surface area (TPSA) is 73.2 Å². The van der Waals surface area contributed by atoms with Crippen molar-refractivity contribution in [2.75, 3.05) is 18.9 Å². The van der Waals surface area contributed by atoms with Gasteiger partial charge in [-0.1, -0.05) is 18.7 Å². The molecule has 24 heavy (non-hydrogen) atoms. The lowest BCUT2D eigenvalue weighted by Gasteiger charge is -2.12. The van der Waals surface area contributed by atoms with E-state index >= 15 is 0 Å². The molecule has 0 aromatic carbocycles. The van der Waals surface area contributed by atoms with Crippen molar-refractivity contribution in [3.63, 3.8) is 0 Å². The molecule has 3 heterocycles. The van der Waals surface area contributed by atoms with E-state index in [0.717, 1.165) is 25.9 Å². The summed E-state index contributed by atoms with van der Waals surface area (Å²) in [6.45, 7) is 3.97. The van der Waals surface area contributed by atoms with Gasteiger partial charge in [-0.05, 0) is 30.7 Å². The predicted molar refractivity (Wildman–Crippen MR) is 96.9 cm³/mol. The van der Waals surface area contributed by atoms with E-state index in [4.69, 9.17) is 4.74 Å². The molecule has 8 heteroatoms. The minimum Gasteiger partial charge on any atom is -0.376 e. The predicted octanol–water partition coefficient (Wildman–Crippen LogP) is 2.26. The van der Waals surface area contributed by atoms with Crippen LogP contribution in [0.1, 0.15) is 26.2 Å². The second kappa shape index (κ2) is 8.13. The maximum absolute atomic E-state index is 12.5. The van der Waals surface area contributed by atoms with Crippen LogP contribution < -0.4 is 10.9 Å². The van der Waals surface area contributed by atoms with Gasteiger partial charge in [0.1, 0.15) is 4.70 Å². The molecule has 0 aliphatic carbocycles. The third kappa shape index (κ3) is 3.99. The SMILES string of the molecule is CCCn1c(SCC(=O)NC[C@@H]2CCCO2)nc2ccsc2c1=O. The van der Waals surface area contributed by atoms with Gasteiger partial charge in [-0.3, -0.25) is 14.2 Å². The molecule has 6 nitrogen and oxygen atoms in total. The van der Waals surface area contributed by atoms with Gasteiger partial charge in [-0.15, -0.1) is 11.3 Å². The van der Waals surface area contributed by atoms with Crippen molar-refractivity contribution in [3.05, 3.63) is 21.8 Å². The Morgan fingerprint density at radius 3 is 3.21 bits per heavy atom. The minimum atomic E-state index is -0.0572. The van der Waals surface area contributed by atoms with Crippen molar-refractivity contribution >= 4 is 39.2 Å². The molecule has 1 N–H and O–H groups in total. The van der Waals surface area contributed by atoms with Crippen LogP contribution in [0, 0.1) is 0 Å². The standard InChI is InChI=1S/C16H21N3O3S2/c1-2-6-19-15(21)14-12(5-8-23-14)18-16(19)24-10-13(20)17-9-11-4-3-7-22-11/h5,8,11H,2-4,6-7,9-10H2,1H3,(H,17,20)/t11-/m0/s1. The molecule has 1 amide bonds. The highest BCUT2D eigenvalue weighted by molar-refractivity contribution is 7.99. The molecule has 1 fully saturated rings. The van der Waals surface area contributed by atoms with Crippen LogP contribution in [0.4, 0.5) is 0 Å². The lowest BCUT2D eigenvalue weighted by atomic mass is 10.2. The third-order valence-electron chi connectivity index (χ3n) is 3.86. The largest absolute Gasteiger partial charge is 0.376 e. The maximum Gasteiger partial charge on any atom is 0.272 e. The van der Waals surface area contributed by atoms with E-state index in [1.165, 1.54) is 23.1 Å². The number of thioether (sulfide) groups is 1. The van der Waals surface area contributed by atoms with Crippen LogP contribution in [0.5, 0.6) is 0 Å². The Labute approximate surface area is 148 Å². The van der Waals surface area contributed by atoms with E-state index in [1.54, 1.807) is 4.57 Å². The molecule has 0 bridgehead atoms. The summed E-state index contributed by atoms with van der Waals surface area (Å²) < 4.78 is 7.85. The number of ether oxygens (including phenoxy) is 1. The fraction of sp³-hybridized carbons (Fsp3) is 0.562. The van der Waals surface area contributed by atoms with Crippen LogP contribution in [0.3, 0.4) is 0 Å². The van der Waals surface area contributed by atoms with Crippen LogP contribution in [0.2, 0.25) is 0 Å². The van der Waals surface area contributed by atoms with E-state index in [-0.39, 0.29) is 23.3 Å². The molecular weight excluding hydrogens is 346 g/mol. The smallest absolute Gasteiger partial charge is 0.272 e. The quantitative estimate of drug-likeness (QED) is 0.600. The first-order valence-electron chi connectivity index (χ1n) is 8.18. The minimum absolute atomic E-state index is 0.0147. The fourth-order valence-corrected chi connectivity index (χ4v) is 4.30. The van der Waals surface area contributed by atoms with E-state index in [2.05, 4.69) is 10.3 Å². The summed E-state index contributed by atoms with van der Waals surface area (Å²) in [6.07, 6.45) is 3.04. The highest BCUT2D eigenvalue weighted by Gasteiger charge is 2.17. The Balaban J connectivity index is 1.66. The average Bonchev–Trinajstić information content (AvgIpc) is 3.25. The summed E-state index contributed by atoms with van der Waals surface area (Å²) >= 11 is 2.72. The number of nitrogens with one attached hydrogen (secondary N) is 1. The van der Waals surface area contributed by atoms with Crippen molar-refractivity contribution in [2.45, 2.75) is 44.0 Å². The first-order chi connectivity index (χ1) is 11.7. The summed E-state index contributed by atoms with van der Waals surface area (Å²) in [5.41, 5.74) is 0.693. The summed E-state index contributed by atoms with van der Waals surface area (Å²) in [5, 5.41) is 5.38. The van der Waals surface area contributed by atoms with Crippen molar-refractivity contribution in [1.82, 2.24) is 14.9 Å². The lowest BCUT2D eigenvalue weighted by molar-refractivity contribution is -0.119. The highest BCUT2D eigenvalue weighted by Crippen LogP contribution is 2.21. The molecule has 0 radical (unpaired) electrons. The molecule has 0 spiro atoms. The van der Waals surface area contributed by atoms with Crippen LogP contribution in [-0.4, -0.2) is 40.5 Å². The second-order valence-electron chi connectivity index (χ2n) is 5.71. The van der Waals surface area contributed by atoms with Gasteiger partial charge in [0, 0.05) is 19.7 Å². The molecule has 130 valence electrons. The van der Waals surface area contributed by atoms with Gasteiger partial charge >= 0.3 is 0 Å². The number of rotatable bonds is 7. The Hall–Kier alpha value is -1.38. The summed E-state index contributed by atoms with van der Waals surface area (Å²) in [5.74, 6) is 0.191. The zero-order valence-corrected chi connectivity index (χ0v) is 15.3. The molecule has 1 aliphatic rings. The van der Waals surface area contributed by atoms with Crippen molar-refractivity contribution in [2.24, 2.45) is 0 Å². The second-order valence-corrected chi connectivity index (χ2v) is 7.57. The van der Waals surface area contributed by atoms with Crippen molar-refractivity contribution < 1.29 is 9.53 Å². The van der Waals surface area contributed by atoms with E-state index in [1.807, 2.05) is 18.4 Å². The molecule has 2 aromatic heterocycles. The summed E-state index contributed by atoms with van der Waals surface area (Å²) in [7, 11) is 0. The number of nitrogens with zero attached hydrogens (tertiary/aromatic N) is 2. The normalized spacial score (nSPS) is 17.5. The monoisotopic (exact) mass is 367 g/mol. The molecule has 1 saturated heterocycles. The summed E-state index contributed by atoms with van der Waals surface area (Å²) in [4.78, 5) is 29.1. The van der Waals surface area contributed by atoms with E-state index < -0.39 is 0 Å². The first-order valence-corrected chi connectivity index (χ1v) is 10.0. The van der Waals surface area contributed by atoms with Gasteiger partial charge in [-0.2, -0.15) is 0 Å². The Bertz CT molecular complexity index is 766. The third-order valence-corrected chi connectivity index (χ3v) is 5.73. The first kappa shape index (κ1) is 17.4. The number of thiophene rings is 1.